The molecule has 17 nitrogen and oxygen atoms in total. The Hall–Kier alpha value is -1.94. The lowest BCUT2D eigenvalue weighted by atomic mass is 10.0. The van der Waals surface area contributed by atoms with Gasteiger partial charge < -0.3 is 33.8 Å². The molecule has 0 heterocycles. The smallest absolute Gasteiger partial charge is 0.462 e. The van der Waals surface area contributed by atoms with Gasteiger partial charge in [-0.25, -0.2) is 9.13 Å². The number of aliphatic hydroxyl groups is 1. The number of carbonyl (C=O) groups is 4. The van der Waals surface area contributed by atoms with Gasteiger partial charge in [-0.15, -0.1) is 0 Å². The number of hydrogen-bond acceptors (Lipinski definition) is 15. The topological polar surface area (TPSA) is 237 Å². The van der Waals surface area contributed by atoms with E-state index >= 15 is 0 Å². The molecule has 0 radical (unpaired) electrons. The molecule has 462 valence electrons. The summed E-state index contributed by atoms with van der Waals surface area (Å²) in [6.45, 7) is 7.07. The third kappa shape index (κ3) is 53.4. The van der Waals surface area contributed by atoms with E-state index in [4.69, 9.17) is 37.0 Å². The first-order valence-corrected chi connectivity index (χ1v) is 34.1. The highest BCUT2D eigenvalue weighted by atomic mass is 31.2. The Balaban J connectivity index is 5.21. The number of unbranched alkanes of at least 4 members (excludes halogenated alkanes) is 31. The van der Waals surface area contributed by atoms with Gasteiger partial charge in [0.2, 0.25) is 0 Å². The van der Waals surface area contributed by atoms with Gasteiger partial charge in [0.05, 0.1) is 26.4 Å². The lowest BCUT2D eigenvalue weighted by molar-refractivity contribution is -0.161. The summed E-state index contributed by atoms with van der Waals surface area (Å²) in [5.74, 6) is -1.41. The number of hydrogen-bond donors (Lipinski definition) is 3. The molecule has 5 atom stereocenters. The predicted octanol–water partition coefficient (Wildman–Crippen LogP) is 15.8. The highest BCUT2D eigenvalue weighted by Gasteiger charge is 2.30. The Kier molecular flexibility index (Phi) is 51.8. The van der Waals surface area contributed by atoms with Crippen molar-refractivity contribution in [3.8, 4) is 0 Å². The molecule has 0 saturated heterocycles. The summed E-state index contributed by atoms with van der Waals surface area (Å²) in [7, 11) is -9.87. The minimum absolute atomic E-state index is 0.105. The van der Waals surface area contributed by atoms with Crippen LogP contribution in [0.15, 0.2) is 0 Å². The first-order chi connectivity index (χ1) is 37.5. The zero-order valence-electron chi connectivity index (χ0n) is 49.8. The van der Waals surface area contributed by atoms with Crippen LogP contribution in [0.1, 0.15) is 291 Å². The first-order valence-electron chi connectivity index (χ1n) is 31.1. The molecule has 0 aliphatic carbocycles. The standard InChI is InChI=1S/C59H114O17P2/c1-6-9-12-15-18-21-24-29-33-38-43-57(62)70-49-55(76-59(64)45-40-35-30-25-22-23-26-31-36-41-52(4)5)51-74-78(67,68)72-47-53(60)46-71-77(65,66)73-50-54(75-58(63)44-39-34-28-20-17-14-11-8-3)48-69-56(61)42-37-32-27-19-16-13-10-7-2/h52-55,60H,6-51H2,1-5H3,(H,65,66)(H,67,68)/t53-,54+,55+/m0/s1. The average molecular weight is 1160 g/mol. The molecular weight excluding hydrogens is 1040 g/mol. The predicted molar refractivity (Wildman–Crippen MR) is 308 cm³/mol. The second kappa shape index (κ2) is 53.1. The van der Waals surface area contributed by atoms with Crippen molar-refractivity contribution in [2.75, 3.05) is 39.6 Å². The van der Waals surface area contributed by atoms with E-state index in [1.54, 1.807) is 0 Å². The van der Waals surface area contributed by atoms with Crippen LogP contribution in [0.5, 0.6) is 0 Å². The lowest BCUT2D eigenvalue weighted by Crippen LogP contribution is -2.30. The van der Waals surface area contributed by atoms with E-state index in [1.807, 2.05) is 0 Å². The third-order valence-electron chi connectivity index (χ3n) is 13.5. The summed E-state index contributed by atoms with van der Waals surface area (Å²) in [5.41, 5.74) is 0. The molecule has 0 aromatic heterocycles. The molecule has 3 N–H and O–H groups in total. The van der Waals surface area contributed by atoms with E-state index in [-0.39, 0.29) is 25.7 Å². The van der Waals surface area contributed by atoms with E-state index in [0.717, 1.165) is 109 Å². The van der Waals surface area contributed by atoms with Crippen LogP contribution in [-0.4, -0.2) is 96.7 Å². The number of phosphoric acid groups is 2. The van der Waals surface area contributed by atoms with Crippen molar-refractivity contribution >= 4 is 39.5 Å². The van der Waals surface area contributed by atoms with Crippen LogP contribution in [0, 0.1) is 5.92 Å². The fourth-order valence-corrected chi connectivity index (χ4v) is 10.3. The van der Waals surface area contributed by atoms with E-state index in [0.29, 0.717) is 25.7 Å². The maximum Gasteiger partial charge on any atom is 0.472 e. The van der Waals surface area contributed by atoms with Crippen molar-refractivity contribution in [1.82, 2.24) is 0 Å². The molecule has 0 fully saturated rings. The molecule has 0 aliphatic rings. The fraction of sp³-hybridized carbons (Fsp3) is 0.932. The number of rotatable bonds is 59. The van der Waals surface area contributed by atoms with Gasteiger partial charge in [0.25, 0.3) is 0 Å². The number of ether oxygens (including phenoxy) is 4. The second-order valence-electron chi connectivity index (χ2n) is 21.9. The van der Waals surface area contributed by atoms with Gasteiger partial charge in [0.15, 0.2) is 12.2 Å². The number of phosphoric ester groups is 2. The zero-order valence-corrected chi connectivity index (χ0v) is 51.6. The Labute approximate surface area is 473 Å². The molecule has 0 rings (SSSR count). The van der Waals surface area contributed by atoms with Gasteiger partial charge in [-0.3, -0.25) is 37.3 Å². The highest BCUT2D eigenvalue weighted by molar-refractivity contribution is 7.47. The normalized spacial score (nSPS) is 14.4. The van der Waals surface area contributed by atoms with Crippen molar-refractivity contribution in [2.24, 2.45) is 5.92 Å². The van der Waals surface area contributed by atoms with Crippen molar-refractivity contribution in [3.63, 3.8) is 0 Å². The summed E-state index contributed by atoms with van der Waals surface area (Å²) in [6.07, 6.45) is 34.9. The van der Waals surface area contributed by atoms with Crippen LogP contribution < -0.4 is 0 Å². The second-order valence-corrected chi connectivity index (χ2v) is 24.8. The Morgan fingerprint density at radius 2 is 0.590 bits per heavy atom. The molecule has 0 saturated carbocycles. The first kappa shape index (κ1) is 76.1. The number of aliphatic hydroxyl groups excluding tert-OH is 1. The largest absolute Gasteiger partial charge is 0.472 e. The molecule has 0 spiro atoms. The van der Waals surface area contributed by atoms with Crippen LogP contribution >= 0.6 is 15.6 Å². The fourth-order valence-electron chi connectivity index (χ4n) is 8.70. The molecule has 19 heteroatoms. The lowest BCUT2D eigenvalue weighted by Gasteiger charge is -2.21. The Bertz CT molecular complexity index is 1530. The average Bonchev–Trinajstić information content (AvgIpc) is 3.40. The van der Waals surface area contributed by atoms with Crippen molar-refractivity contribution in [2.45, 2.75) is 310 Å². The summed E-state index contributed by atoms with van der Waals surface area (Å²) in [4.78, 5) is 71.8. The van der Waals surface area contributed by atoms with Crippen LogP contribution in [0.2, 0.25) is 0 Å². The van der Waals surface area contributed by atoms with Crippen LogP contribution in [-0.2, 0) is 65.4 Å². The summed E-state index contributed by atoms with van der Waals surface area (Å²) < 4.78 is 67.6. The maximum absolute atomic E-state index is 12.9. The monoisotopic (exact) mass is 1160 g/mol. The van der Waals surface area contributed by atoms with Gasteiger partial charge in [0, 0.05) is 25.7 Å². The summed E-state index contributed by atoms with van der Waals surface area (Å²) >= 11 is 0. The Morgan fingerprint density at radius 3 is 0.872 bits per heavy atom. The van der Waals surface area contributed by atoms with Crippen molar-refractivity contribution in [3.05, 3.63) is 0 Å². The van der Waals surface area contributed by atoms with Gasteiger partial charge in [-0.05, 0) is 31.6 Å². The minimum atomic E-state index is -4.94. The Morgan fingerprint density at radius 1 is 0.346 bits per heavy atom. The SMILES string of the molecule is CCCCCCCCCCCCC(=O)OC[C@H](COP(=O)(O)OC[C@@H](O)COP(=O)(O)OC[C@@H](COC(=O)CCCCCCCCCC)OC(=O)CCCCCCCCCC)OC(=O)CCCCCCCCCCCC(C)C. The van der Waals surface area contributed by atoms with Crippen LogP contribution in [0.3, 0.4) is 0 Å². The molecule has 0 bridgehead atoms. The molecule has 2 unspecified atom stereocenters. The molecule has 0 amide bonds. The van der Waals surface area contributed by atoms with Crippen molar-refractivity contribution < 1.29 is 80.2 Å². The minimum Gasteiger partial charge on any atom is -0.462 e. The third-order valence-corrected chi connectivity index (χ3v) is 15.4. The van der Waals surface area contributed by atoms with Gasteiger partial charge >= 0.3 is 39.5 Å². The molecular formula is C59H114O17P2. The van der Waals surface area contributed by atoms with E-state index in [9.17, 15) is 43.2 Å². The molecule has 0 aromatic carbocycles. The summed E-state index contributed by atoms with van der Waals surface area (Å²) in [6, 6.07) is 0. The number of carbonyl (C=O) groups excluding carboxylic acids is 4. The number of esters is 4. The van der Waals surface area contributed by atoms with E-state index in [1.165, 1.54) is 103 Å². The van der Waals surface area contributed by atoms with Crippen molar-refractivity contribution in [1.29, 1.82) is 0 Å². The van der Waals surface area contributed by atoms with Gasteiger partial charge in [0.1, 0.15) is 19.3 Å². The molecule has 0 aromatic rings. The van der Waals surface area contributed by atoms with Gasteiger partial charge in [-0.2, -0.15) is 0 Å². The quantitative estimate of drug-likeness (QED) is 0.0222. The van der Waals surface area contributed by atoms with Crippen LogP contribution in [0.4, 0.5) is 0 Å². The molecule has 78 heavy (non-hydrogen) atoms. The maximum atomic E-state index is 12.9. The highest BCUT2D eigenvalue weighted by Crippen LogP contribution is 2.45. The van der Waals surface area contributed by atoms with Crippen LogP contribution in [0.25, 0.3) is 0 Å². The molecule has 0 aliphatic heterocycles. The summed E-state index contributed by atoms with van der Waals surface area (Å²) in [5, 5.41) is 10.5. The van der Waals surface area contributed by atoms with E-state index in [2.05, 4.69) is 34.6 Å². The zero-order chi connectivity index (χ0) is 57.8. The van der Waals surface area contributed by atoms with Gasteiger partial charge in [-0.1, -0.05) is 240 Å². The van der Waals surface area contributed by atoms with E-state index < -0.39 is 97.5 Å².